The number of hydrogen-bond donors (Lipinski definition) is 1. The monoisotopic (exact) mass is 341 g/mol. The molecule has 0 saturated heterocycles. The van der Waals surface area contributed by atoms with Gasteiger partial charge in [-0.25, -0.2) is 0 Å². The fourth-order valence-electron chi connectivity index (χ4n) is 3.38. The van der Waals surface area contributed by atoms with Crippen molar-refractivity contribution in [3.8, 4) is 11.5 Å². The van der Waals surface area contributed by atoms with Gasteiger partial charge in [-0.3, -0.25) is 9.89 Å². The highest BCUT2D eigenvalue weighted by Crippen LogP contribution is 2.41. The van der Waals surface area contributed by atoms with Gasteiger partial charge in [0, 0.05) is 37.2 Å². The average molecular weight is 341 g/mol. The second kappa shape index (κ2) is 6.78. The number of ether oxygens (including phenoxy) is 2. The van der Waals surface area contributed by atoms with Crippen molar-refractivity contribution in [2.75, 3.05) is 26.8 Å². The van der Waals surface area contributed by atoms with E-state index >= 15 is 0 Å². The lowest BCUT2D eigenvalue weighted by Crippen LogP contribution is -2.36. The van der Waals surface area contributed by atoms with Gasteiger partial charge < -0.3 is 14.4 Å². The van der Waals surface area contributed by atoms with Gasteiger partial charge in [-0.2, -0.15) is 5.10 Å². The average Bonchev–Trinajstić information content (AvgIpc) is 3.44. The third kappa shape index (κ3) is 3.48. The number of aromatic nitrogens is 2. The van der Waals surface area contributed by atoms with Crippen LogP contribution in [-0.2, 0) is 17.6 Å². The zero-order valence-corrected chi connectivity index (χ0v) is 14.5. The summed E-state index contributed by atoms with van der Waals surface area (Å²) >= 11 is 0. The number of rotatable bonds is 5. The summed E-state index contributed by atoms with van der Waals surface area (Å²) in [6.45, 7) is 1.49. The van der Waals surface area contributed by atoms with E-state index in [0.29, 0.717) is 18.2 Å². The van der Waals surface area contributed by atoms with Crippen LogP contribution in [0.4, 0.5) is 0 Å². The Bertz CT molecular complexity index is 767. The predicted octanol–water partition coefficient (Wildman–Crippen LogP) is 2.30. The lowest BCUT2D eigenvalue weighted by Gasteiger charge is -2.20. The van der Waals surface area contributed by atoms with Crippen LogP contribution in [0, 0.1) is 0 Å². The molecule has 132 valence electrons. The predicted molar refractivity (Wildman–Crippen MR) is 93.0 cm³/mol. The van der Waals surface area contributed by atoms with Crippen LogP contribution in [0.15, 0.2) is 24.3 Å². The van der Waals surface area contributed by atoms with Crippen LogP contribution < -0.4 is 9.47 Å². The van der Waals surface area contributed by atoms with Gasteiger partial charge in [0.1, 0.15) is 11.5 Å². The number of methoxy groups -OCH3 is 1. The minimum absolute atomic E-state index is 0.0221. The maximum atomic E-state index is 12.5. The molecule has 0 bridgehead atoms. The molecular formula is C19H23N3O3. The highest BCUT2D eigenvalue weighted by Gasteiger charge is 2.31. The lowest BCUT2D eigenvalue weighted by atomic mass is 10.1. The molecule has 1 saturated carbocycles. The molecule has 1 aliphatic carbocycles. The SMILES string of the molecule is COc1cccc(OCC(=O)N2CCc3[nH]nc(C4CC4)c3CC2)c1. The van der Waals surface area contributed by atoms with Crippen molar-refractivity contribution in [1.82, 2.24) is 15.1 Å². The molecule has 0 radical (unpaired) electrons. The Kier molecular flexibility index (Phi) is 4.34. The largest absolute Gasteiger partial charge is 0.497 e. The molecule has 6 nitrogen and oxygen atoms in total. The number of carbonyl (C=O) groups excluding carboxylic acids is 1. The molecular weight excluding hydrogens is 318 g/mol. The van der Waals surface area contributed by atoms with Crippen molar-refractivity contribution in [1.29, 1.82) is 0 Å². The maximum Gasteiger partial charge on any atom is 0.260 e. The van der Waals surface area contributed by atoms with E-state index < -0.39 is 0 Å². The number of nitrogens with one attached hydrogen (secondary N) is 1. The first-order valence-electron chi connectivity index (χ1n) is 8.85. The zero-order chi connectivity index (χ0) is 17.2. The Balaban J connectivity index is 1.35. The number of nitrogens with zero attached hydrogens (tertiary/aromatic N) is 2. The molecule has 2 heterocycles. The number of benzene rings is 1. The van der Waals surface area contributed by atoms with Crippen molar-refractivity contribution in [2.24, 2.45) is 0 Å². The second-order valence-corrected chi connectivity index (χ2v) is 6.69. The summed E-state index contributed by atoms with van der Waals surface area (Å²) in [6, 6.07) is 7.32. The maximum absolute atomic E-state index is 12.5. The lowest BCUT2D eigenvalue weighted by molar-refractivity contribution is -0.133. The fourth-order valence-corrected chi connectivity index (χ4v) is 3.38. The molecule has 25 heavy (non-hydrogen) atoms. The Morgan fingerprint density at radius 3 is 2.88 bits per heavy atom. The minimum atomic E-state index is 0.0221. The molecule has 4 rings (SSSR count). The van der Waals surface area contributed by atoms with Crippen LogP contribution >= 0.6 is 0 Å². The Labute approximate surface area is 147 Å². The van der Waals surface area contributed by atoms with Gasteiger partial charge in [0.05, 0.1) is 12.8 Å². The normalized spacial score (nSPS) is 16.9. The van der Waals surface area contributed by atoms with Gasteiger partial charge in [0.2, 0.25) is 0 Å². The molecule has 0 atom stereocenters. The standard InChI is InChI=1S/C19H23N3O3/c1-24-14-3-2-4-15(11-14)25-12-18(23)22-9-7-16-17(8-10-22)20-21-19(16)13-5-6-13/h2-4,11,13H,5-10,12H2,1H3,(H,20,21). The molecule has 2 aliphatic rings. The number of H-pyrrole nitrogens is 1. The van der Waals surface area contributed by atoms with E-state index in [9.17, 15) is 4.79 Å². The first-order valence-corrected chi connectivity index (χ1v) is 8.85. The van der Waals surface area contributed by atoms with E-state index in [1.807, 2.05) is 23.1 Å². The molecule has 0 unspecified atom stereocenters. The number of aromatic amines is 1. The third-order valence-corrected chi connectivity index (χ3v) is 4.97. The second-order valence-electron chi connectivity index (χ2n) is 6.69. The molecule has 2 aromatic rings. The number of fused-ring (bicyclic) bond motifs is 1. The Morgan fingerprint density at radius 1 is 1.28 bits per heavy atom. The van der Waals surface area contributed by atoms with Crippen LogP contribution in [0.1, 0.15) is 35.7 Å². The summed E-state index contributed by atoms with van der Waals surface area (Å²) in [4.78, 5) is 14.4. The van der Waals surface area contributed by atoms with E-state index in [-0.39, 0.29) is 12.5 Å². The molecule has 1 fully saturated rings. The highest BCUT2D eigenvalue weighted by molar-refractivity contribution is 5.78. The minimum Gasteiger partial charge on any atom is -0.497 e. The van der Waals surface area contributed by atoms with E-state index in [1.165, 1.54) is 29.8 Å². The summed E-state index contributed by atoms with van der Waals surface area (Å²) in [5, 5.41) is 7.68. The van der Waals surface area contributed by atoms with Gasteiger partial charge in [-0.05, 0) is 37.0 Å². The number of amides is 1. The van der Waals surface area contributed by atoms with Gasteiger partial charge in [-0.15, -0.1) is 0 Å². The van der Waals surface area contributed by atoms with Crippen LogP contribution in [-0.4, -0.2) is 47.8 Å². The fraction of sp³-hybridized carbons (Fsp3) is 0.474. The summed E-state index contributed by atoms with van der Waals surface area (Å²) in [5.74, 6) is 2.03. The molecule has 1 aromatic heterocycles. The molecule has 1 amide bonds. The summed E-state index contributed by atoms with van der Waals surface area (Å²) in [6.07, 6.45) is 4.20. The zero-order valence-electron chi connectivity index (χ0n) is 14.5. The van der Waals surface area contributed by atoms with Gasteiger partial charge in [-0.1, -0.05) is 6.07 Å². The molecule has 6 heteroatoms. The summed E-state index contributed by atoms with van der Waals surface area (Å²) < 4.78 is 10.8. The molecule has 1 aromatic carbocycles. The Hall–Kier alpha value is -2.50. The number of carbonyl (C=O) groups is 1. The van der Waals surface area contributed by atoms with Gasteiger partial charge >= 0.3 is 0 Å². The van der Waals surface area contributed by atoms with E-state index in [4.69, 9.17) is 9.47 Å². The first-order chi connectivity index (χ1) is 12.2. The third-order valence-electron chi connectivity index (χ3n) is 4.97. The molecule has 1 N–H and O–H groups in total. The number of hydrogen-bond acceptors (Lipinski definition) is 4. The van der Waals surface area contributed by atoms with Crippen molar-refractivity contribution >= 4 is 5.91 Å². The molecule has 0 spiro atoms. The van der Waals surface area contributed by atoms with Crippen LogP contribution in [0.2, 0.25) is 0 Å². The van der Waals surface area contributed by atoms with Crippen molar-refractivity contribution < 1.29 is 14.3 Å². The summed E-state index contributed by atoms with van der Waals surface area (Å²) in [5.41, 5.74) is 3.77. The van der Waals surface area contributed by atoms with E-state index in [2.05, 4.69) is 10.2 Å². The van der Waals surface area contributed by atoms with Crippen molar-refractivity contribution in [3.63, 3.8) is 0 Å². The quantitative estimate of drug-likeness (QED) is 0.906. The first kappa shape index (κ1) is 16.0. The van der Waals surface area contributed by atoms with Gasteiger partial charge in [0.25, 0.3) is 5.91 Å². The van der Waals surface area contributed by atoms with Crippen LogP contribution in [0.3, 0.4) is 0 Å². The van der Waals surface area contributed by atoms with E-state index in [1.54, 1.807) is 13.2 Å². The molecule has 1 aliphatic heterocycles. The summed E-state index contributed by atoms with van der Waals surface area (Å²) in [7, 11) is 1.61. The van der Waals surface area contributed by atoms with E-state index in [0.717, 1.165) is 25.1 Å². The van der Waals surface area contributed by atoms with Crippen molar-refractivity contribution in [3.05, 3.63) is 41.2 Å². The highest BCUT2D eigenvalue weighted by atomic mass is 16.5. The van der Waals surface area contributed by atoms with Crippen LogP contribution in [0.5, 0.6) is 11.5 Å². The Morgan fingerprint density at radius 2 is 2.08 bits per heavy atom. The smallest absolute Gasteiger partial charge is 0.260 e. The van der Waals surface area contributed by atoms with Gasteiger partial charge in [0.15, 0.2) is 6.61 Å². The van der Waals surface area contributed by atoms with Crippen molar-refractivity contribution in [2.45, 2.75) is 31.6 Å². The topological polar surface area (TPSA) is 67.5 Å². The van der Waals surface area contributed by atoms with Crippen LogP contribution in [0.25, 0.3) is 0 Å².